The van der Waals surface area contributed by atoms with Gasteiger partial charge in [-0.3, -0.25) is 9.69 Å². The molecule has 0 unspecified atom stereocenters. The molecule has 1 aliphatic rings. The molecule has 3 aromatic rings. The van der Waals surface area contributed by atoms with E-state index in [2.05, 4.69) is 29.2 Å². The van der Waals surface area contributed by atoms with Crippen LogP contribution in [0.5, 0.6) is 11.5 Å². The van der Waals surface area contributed by atoms with E-state index in [0.29, 0.717) is 18.9 Å². The van der Waals surface area contributed by atoms with Crippen molar-refractivity contribution in [3.8, 4) is 11.5 Å². The monoisotopic (exact) mass is 381 g/mol. The van der Waals surface area contributed by atoms with Crippen LogP contribution >= 0.6 is 0 Å². The predicted molar refractivity (Wildman–Crippen MR) is 106 cm³/mol. The summed E-state index contributed by atoms with van der Waals surface area (Å²) >= 11 is 0. The van der Waals surface area contributed by atoms with Crippen molar-refractivity contribution in [2.45, 2.75) is 12.6 Å². The van der Waals surface area contributed by atoms with Gasteiger partial charge >= 0.3 is 0 Å². The van der Waals surface area contributed by atoms with Crippen molar-refractivity contribution in [1.29, 1.82) is 0 Å². The van der Waals surface area contributed by atoms with Gasteiger partial charge in [-0.05, 0) is 34.5 Å². The van der Waals surface area contributed by atoms with Crippen LogP contribution in [0.4, 0.5) is 0 Å². The summed E-state index contributed by atoms with van der Waals surface area (Å²) in [6.45, 7) is 2.71. The van der Waals surface area contributed by atoms with Crippen molar-refractivity contribution < 1.29 is 18.6 Å². The van der Waals surface area contributed by atoms with Crippen molar-refractivity contribution in [2.75, 3.05) is 33.9 Å². The van der Waals surface area contributed by atoms with Gasteiger partial charge in [-0.1, -0.05) is 18.2 Å². The average Bonchev–Trinajstić information content (AvgIpc) is 2.73. The minimum atomic E-state index is -0.168. The molecule has 6 heteroatoms. The molecular weight excluding hydrogens is 358 g/mol. The predicted octanol–water partition coefficient (Wildman–Crippen LogP) is 3.38. The number of ether oxygens (including phenoxy) is 3. The van der Waals surface area contributed by atoms with Gasteiger partial charge in [0, 0.05) is 19.2 Å². The van der Waals surface area contributed by atoms with E-state index in [1.807, 2.05) is 12.1 Å². The van der Waals surface area contributed by atoms with Gasteiger partial charge in [0.05, 0.1) is 33.5 Å². The summed E-state index contributed by atoms with van der Waals surface area (Å²) in [6.07, 6.45) is 1.35. The molecule has 1 aliphatic heterocycles. The van der Waals surface area contributed by atoms with Crippen LogP contribution in [0.25, 0.3) is 10.8 Å². The number of hydrogen-bond donors (Lipinski definition) is 0. The fraction of sp³-hybridized carbons (Fsp3) is 0.318. The Morgan fingerprint density at radius 2 is 1.89 bits per heavy atom. The lowest BCUT2D eigenvalue weighted by atomic mass is 10.0. The molecule has 4 rings (SSSR count). The third-order valence-corrected chi connectivity index (χ3v) is 5.05. The van der Waals surface area contributed by atoms with E-state index >= 15 is 0 Å². The van der Waals surface area contributed by atoms with Gasteiger partial charge < -0.3 is 18.6 Å². The molecule has 0 saturated carbocycles. The smallest absolute Gasteiger partial charge is 0.227 e. The van der Waals surface area contributed by atoms with E-state index in [0.717, 1.165) is 35.2 Å². The lowest BCUT2D eigenvalue weighted by Gasteiger charge is -2.32. The zero-order valence-corrected chi connectivity index (χ0v) is 16.0. The van der Waals surface area contributed by atoms with Crippen LogP contribution in [0.2, 0.25) is 0 Å². The first-order chi connectivity index (χ1) is 13.7. The molecule has 2 aromatic carbocycles. The van der Waals surface area contributed by atoms with Crippen molar-refractivity contribution in [3.05, 3.63) is 70.3 Å². The SMILES string of the molecule is COc1ccc2cc([C@H]3CN(Cc4cc(=O)c(OC)co4)CCO3)ccc2c1. The fourth-order valence-electron chi connectivity index (χ4n) is 3.51. The van der Waals surface area contributed by atoms with Crippen LogP contribution in [-0.2, 0) is 11.3 Å². The standard InChI is InChI=1S/C22H23NO5/c1-25-18-6-5-15-9-17(4-3-16(15)10-18)21-13-23(7-8-27-21)12-19-11-20(24)22(26-2)14-28-19/h3-6,9-11,14,21H,7-8,12-13H2,1-2H3/t21-/m1/s1. The topological polar surface area (TPSA) is 61.1 Å². The molecule has 1 fully saturated rings. The number of methoxy groups -OCH3 is 2. The molecule has 146 valence electrons. The summed E-state index contributed by atoms with van der Waals surface area (Å²) in [6, 6.07) is 13.9. The van der Waals surface area contributed by atoms with Crippen LogP contribution in [0.1, 0.15) is 17.4 Å². The second kappa shape index (κ2) is 8.04. The van der Waals surface area contributed by atoms with Gasteiger partial charge in [-0.2, -0.15) is 0 Å². The van der Waals surface area contributed by atoms with Crippen molar-refractivity contribution >= 4 is 10.8 Å². The van der Waals surface area contributed by atoms with Gasteiger partial charge in [-0.15, -0.1) is 0 Å². The first-order valence-electron chi connectivity index (χ1n) is 9.23. The van der Waals surface area contributed by atoms with E-state index < -0.39 is 0 Å². The van der Waals surface area contributed by atoms with Crippen molar-refractivity contribution in [3.63, 3.8) is 0 Å². The Morgan fingerprint density at radius 1 is 1.07 bits per heavy atom. The Kier molecular flexibility index (Phi) is 5.32. The lowest BCUT2D eigenvalue weighted by Crippen LogP contribution is -2.37. The molecule has 0 N–H and O–H groups in total. The minimum absolute atomic E-state index is 0.0229. The zero-order valence-electron chi connectivity index (χ0n) is 16.0. The highest BCUT2D eigenvalue weighted by molar-refractivity contribution is 5.84. The molecule has 0 radical (unpaired) electrons. The zero-order chi connectivity index (χ0) is 19.5. The van der Waals surface area contributed by atoms with Gasteiger partial charge in [-0.25, -0.2) is 0 Å². The molecule has 28 heavy (non-hydrogen) atoms. The fourth-order valence-corrected chi connectivity index (χ4v) is 3.51. The molecule has 1 saturated heterocycles. The third kappa shape index (κ3) is 3.88. The van der Waals surface area contributed by atoms with Gasteiger partial charge in [0.2, 0.25) is 11.2 Å². The second-order valence-corrected chi connectivity index (χ2v) is 6.85. The number of morpholine rings is 1. The minimum Gasteiger partial charge on any atom is -0.497 e. The van der Waals surface area contributed by atoms with Crippen LogP contribution in [0.15, 0.2) is 57.9 Å². The summed E-state index contributed by atoms with van der Waals surface area (Å²) in [5.74, 6) is 1.69. The molecule has 0 amide bonds. The summed E-state index contributed by atoms with van der Waals surface area (Å²) in [7, 11) is 3.13. The van der Waals surface area contributed by atoms with E-state index in [1.165, 1.54) is 19.4 Å². The maximum atomic E-state index is 11.9. The Balaban J connectivity index is 1.49. The number of benzene rings is 2. The quantitative estimate of drug-likeness (QED) is 0.675. The van der Waals surface area contributed by atoms with Crippen LogP contribution in [-0.4, -0.2) is 38.8 Å². The summed E-state index contributed by atoms with van der Waals surface area (Å²) in [5, 5.41) is 2.29. The highest BCUT2D eigenvalue weighted by atomic mass is 16.5. The van der Waals surface area contributed by atoms with E-state index in [4.69, 9.17) is 18.6 Å². The molecule has 0 aliphatic carbocycles. The summed E-state index contributed by atoms with van der Waals surface area (Å²) < 4.78 is 21.8. The van der Waals surface area contributed by atoms with Crippen molar-refractivity contribution in [1.82, 2.24) is 4.90 Å². The number of hydrogen-bond acceptors (Lipinski definition) is 6. The van der Waals surface area contributed by atoms with Crippen molar-refractivity contribution in [2.24, 2.45) is 0 Å². The van der Waals surface area contributed by atoms with Crippen LogP contribution < -0.4 is 14.9 Å². The van der Waals surface area contributed by atoms with Gasteiger partial charge in [0.1, 0.15) is 17.8 Å². The molecule has 1 aromatic heterocycles. The largest absolute Gasteiger partial charge is 0.497 e. The van der Waals surface area contributed by atoms with Gasteiger partial charge in [0.25, 0.3) is 0 Å². The average molecular weight is 381 g/mol. The highest BCUT2D eigenvalue weighted by Gasteiger charge is 2.23. The molecule has 6 nitrogen and oxygen atoms in total. The summed E-state index contributed by atoms with van der Waals surface area (Å²) in [4.78, 5) is 14.2. The first kappa shape index (κ1) is 18.5. The normalized spacial score (nSPS) is 17.6. The van der Waals surface area contributed by atoms with E-state index in [-0.39, 0.29) is 17.3 Å². The van der Waals surface area contributed by atoms with Crippen LogP contribution in [0, 0.1) is 0 Å². The number of fused-ring (bicyclic) bond motifs is 1. The highest BCUT2D eigenvalue weighted by Crippen LogP contribution is 2.28. The maximum Gasteiger partial charge on any atom is 0.227 e. The molecule has 1 atom stereocenters. The number of nitrogens with zero attached hydrogens (tertiary/aromatic N) is 1. The maximum absolute atomic E-state index is 11.9. The Labute approximate surface area is 163 Å². The second-order valence-electron chi connectivity index (χ2n) is 6.85. The Bertz CT molecular complexity index is 1030. The number of rotatable bonds is 5. The first-order valence-corrected chi connectivity index (χ1v) is 9.23. The van der Waals surface area contributed by atoms with Crippen LogP contribution in [0.3, 0.4) is 0 Å². The molecule has 2 heterocycles. The third-order valence-electron chi connectivity index (χ3n) is 5.05. The van der Waals surface area contributed by atoms with E-state index in [1.54, 1.807) is 7.11 Å². The Morgan fingerprint density at radius 3 is 2.68 bits per heavy atom. The molecule has 0 spiro atoms. The molecular formula is C22H23NO5. The van der Waals surface area contributed by atoms with Gasteiger partial charge in [0.15, 0.2) is 0 Å². The Hall–Kier alpha value is -2.83. The summed E-state index contributed by atoms with van der Waals surface area (Å²) in [5.41, 5.74) is 0.970. The van der Waals surface area contributed by atoms with E-state index in [9.17, 15) is 4.79 Å². The molecule has 0 bridgehead atoms. The lowest BCUT2D eigenvalue weighted by molar-refractivity contribution is -0.0347.